The van der Waals surface area contributed by atoms with E-state index in [4.69, 9.17) is 14.5 Å². The lowest BCUT2D eigenvalue weighted by atomic mass is 9.74. The van der Waals surface area contributed by atoms with Crippen molar-refractivity contribution in [2.24, 2.45) is 11.8 Å². The van der Waals surface area contributed by atoms with Crippen LogP contribution < -0.4 is 10.1 Å². The molecule has 1 aliphatic rings. The molecule has 0 amide bonds. The predicted octanol–water partition coefficient (Wildman–Crippen LogP) is 6.02. The van der Waals surface area contributed by atoms with Crippen molar-refractivity contribution < 1.29 is 19.4 Å². The number of thiazole rings is 1. The van der Waals surface area contributed by atoms with E-state index in [0.717, 1.165) is 54.7 Å². The molecule has 1 aliphatic carbocycles. The molecule has 3 heterocycles. The van der Waals surface area contributed by atoms with Crippen LogP contribution in [-0.4, -0.2) is 39.7 Å². The van der Waals surface area contributed by atoms with Crippen LogP contribution in [-0.2, 0) is 15.1 Å². The average Bonchev–Trinajstić information content (AvgIpc) is 3.40. The van der Waals surface area contributed by atoms with Crippen molar-refractivity contribution in [1.29, 1.82) is 0 Å². The molecule has 1 saturated carbocycles. The van der Waals surface area contributed by atoms with Gasteiger partial charge in [0.1, 0.15) is 28.0 Å². The molecule has 8 nitrogen and oxygen atoms in total. The van der Waals surface area contributed by atoms with Crippen LogP contribution in [0.2, 0.25) is 0 Å². The first-order chi connectivity index (χ1) is 17.8. The molecule has 0 aromatic carbocycles. The Labute approximate surface area is 222 Å². The van der Waals surface area contributed by atoms with E-state index >= 15 is 0 Å². The minimum absolute atomic E-state index is 0.0352. The molecule has 1 unspecified atom stereocenters. The van der Waals surface area contributed by atoms with Gasteiger partial charge in [0.25, 0.3) is 0 Å². The van der Waals surface area contributed by atoms with Gasteiger partial charge in [-0.25, -0.2) is 15.0 Å². The van der Waals surface area contributed by atoms with Gasteiger partial charge in [-0.1, -0.05) is 13.3 Å². The van der Waals surface area contributed by atoms with Crippen LogP contribution in [0.25, 0.3) is 10.6 Å². The number of nitrogens with one attached hydrogen (secondary N) is 1. The van der Waals surface area contributed by atoms with Gasteiger partial charge in [-0.3, -0.25) is 4.79 Å². The number of pyridine rings is 2. The second kappa shape index (κ2) is 12.0. The fraction of sp³-hybridized carbons (Fsp3) is 0.500. The van der Waals surface area contributed by atoms with E-state index in [1.165, 1.54) is 11.3 Å². The van der Waals surface area contributed by atoms with E-state index in [0.29, 0.717) is 29.0 Å². The number of nitrogens with zero attached hydrogens (tertiary/aromatic N) is 3. The first kappa shape index (κ1) is 27.0. The minimum Gasteiger partial charge on any atom is -0.497 e. The van der Waals surface area contributed by atoms with E-state index < -0.39 is 5.60 Å². The van der Waals surface area contributed by atoms with Crippen molar-refractivity contribution in [1.82, 2.24) is 15.0 Å². The summed E-state index contributed by atoms with van der Waals surface area (Å²) in [7, 11) is 1.62. The van der Waals surface area contributed by atoms with E-state index in [2.05, 4.69) is 22.2 Å². The van der Waals surface area contributed by atoms with Crippen LogP contribution in [0.15, 0.2) is 36.7 Å². The lowest BCUT2D eigenvalue weighted by Gasteiger charge is -2.36. The third-order valence-electron chi connectivity index (χ3n) is 6.98. The number of ether oxygens (including phenoxy) is 2. The van der Waals surface area contributed by atoms with Gasteiger partial charge in [0.05, 0.1) is 30.2 Å². The van der Waals surface area contributed by atoms with E-state index in [1.807, 2.05) is 32.0 Å². The molecule has 0 aliphatic heterocycles. The second-order valence-electron chi connectivity index (χ2n) is 9.87. The molecule has 37 heavy (non-hydrogen) atoms. The van der Waals surface area contributed by atoms with Crippen molar-refractivity contribution in [3.63, 3.8) is 0 Å². The Morgan fingerprint density at radius 1 is 1.19 bits per heavy atom. The quantitative estimate of drug-likeness (QED) is 0.245. The van der Waals surface area contributed by atoms with Crippen LogP contribution in [0.1, 0.15) is 62.9 Å². The standard InChI is InChI=1S/C28H36N4O4S/c1-5-6-13-36-26(33)19-7-9-20(10-8-19)28(3,34)27-30-17-23(37-27)22-14-18(2)15-25(31-22)32-24-16-21(35-4)11-12-29-24/h11-12,14-17,19-20,34H,5-10,13H2,1-4H3,(H,29,31,32)/t19-,20-,28?. The summed E-state index contributed by atoms with van der Waals surface area (Å²) in [6.07, 6.45) is 8.35. The largest absolute Gasteiger partial charge is 0.497 e. The first-order valence-electron chi connectivity index (χ1n) is 12.9. The number of aliphatic hydroxyl groups is 1. The smallest absolute Gasteiger partial charge is 0.308 e. The molecule has 3 aromatic rings. The number of unbranched alkanes of at least 4 members (excludes halogenated alkanes) is 1. The number of methoxy groups -OCH3 is 1. The molecular weight excluding hydrogens is 488 g/mol. The number of carbonyl (C=O) groups is 1. The van der Waals surface area contributed by atoms with Gasteiger partial charge in [-0.05, 0) is 75.6 Å². The Morgan fingerprint density at radius 3 is 2.70 bits per heavy atom. The Morgan fingerprint density at radius 2 is 1.97 bits per heavy atom. The highest BCUT2D eigenvalue weighted by atomic mass is 32.1. The molecule has 0 radical (unpaired) electrons. The van der Waals surface area contributed by atoms with Gasteiger partial charge in [-0.2, -0.15) is 0 Å². The zero-order valence-electron chi connectivity index (χ0n) is 22.0. The third kappa shape index (κ3) is 6.64. The number of aromatic nitrogens is 3. The van der Waals surface area contributed by atoms with Crippen LogP contribution in [0.5, 0.6) is 5.75 Å². The number of rotatable bonds is 10. The zero-order chi connectivity index (χ0) is 26.4. The third-order valence-corrected chi connectivity index (χ3v) is 8.23. The Bertz CT molecular complexity index is 1200. The number of hydrogen-bond acceptors (Lipinski definition) is 9. The van der Waals surface area contributed by atoms with Crippen LogP contribution in [0.4, 0.5) is 11.6 Å². The van der Waals surface area contributed by atoms with Crippen molar-refractivity contribution >= 4 is 28.9 Å². The van der Waals surface area contributed by atoms with Crippen LogP contribution in [0, 0.1) is 18.8 Å². The van der Waals surface area contributed by atoms with Crippen molar-refractivity contribution in [2.75, 3.05) is 19.0 Å². The lowest BCUT2D eigenvalue weighted by molar-refractivity contribution is -0.151. The van der Waals surface area contributed by atoms with E-state index in [1.54, 1.807) is 25.6 Å². The Hall–Kier alpha value is -3.04. The normalized spacial score (nSPS) is 19.2. The number of esters is 1. The highest BCUT2D eigenvalue weighted by molar-refractivity contribution is 7.15. The van der Waals surface area contributed by atoms with Crippen molar-refractivity contribution in [2.45, 2.75) is 64.9 Å². The summed E-state index contributed by atoms with van der Waals surface area (Å²) in [6, 6.07) is 7.56. The summed E-state index contributed by atoms with van der Waals surface area (Å²) in [5, 5.41) is 15.4. The lowest BCUT2D eigenvalue weighted by Crippen LogP contribution is -2.36. The molecule has 3 aromatic heterocycles. The second-order valence-corrected chi connectivity index (χ2v) is 10.9. The van der Waals surface area contributed by atoms with Gasteiger partial charge >= 0.3 is 5.97 Å². The fourth-order valence-corrected chi connectivity index (χ4v) is 5.72. The molecule has 0 spiro atoms. The topological polar surface area (TPSA) is 106 Å². The highest BCUT2D eigenvalue weighted by Crippen LogP contribution is 2.43. The summed E-state index contributed by atoms with van der Waals surface area (Å²) in [5.41, 5.74) is 0.750. The highest BCUT2D eigenvalue weighted by Gasteiger charge is 2.40. The molecule has 9 heteroatoms. The van der Waals surface area contributed by atoms with Crippen LogP contribution in [0.3, 0.4) is 0 Å². The molecular formula is C28H36N4O4S. The van der Waals surface area contributed by atoms with E-state index in [-0.39, 0.29) is 17.8 Å². The molecule has 198 valence electrons. The van der Waals surface area contributed by atoms with Gasteiger partial charge in [0.15, 0.2) is 0 Å². The Kier molecular flexibility index (Phi) is 8.76. The number of hydrogen-bond donors (Lipinski definition) is 2. The van der Waals surface area contributed by atoms with E-state index in [9.17, 15) is 9.90 Å². The summed E-state index contributed by atoms with van der Waals surface area (Å²) >= 11 is 1.46. The summed E-state index contributed by atoms with van der Waals surface area (Å²) < 4.78 is 10.7. The van der Waals surface area contributed by atoms with Crippen molar-refractivity contribution in [3.8, 4) is 16.3 Å². The van der Waals surface area contributed by atoms with Gasteiger partial charge in [-0.15, -0.1) is 11.3 Å². The van der Waals surface area contributed by atoms with Gasteiger partial charge in [0, 0.05) is 18.5 Å². The predicted molar refractivity (Wildman–Crippen MR) is 145 cm³/mol. The molecule has 4 rings (SSSR count). The molecule has 2 N–H and O–H groups in total. The molecule has 1 atom stereocenters. The number of carbonyl (C=O) groups excluding carboxylic acids is 1. The zero-order valence-corrected chi connectivity index (χ0v) is 22.8. The maximum atomic E-state index is 12.3. The van der Waals surface area contributed by atoms with Gasteiger partial charge < -0.3 is 19.9 Å². The molecule has 0 bridgehead atoms. The molecule has 0 saturated heterocycles. The maximum Gasteiger partial charge on any atom is 0.308 e. The maximum absolute atomic E-state index is 12.3. The summed E-state index contributed by atoms with van der Waals surface area (Å²) in [6.45, 7) is 6.43. The fourth-order valence-electron chi connectivity index (χ4n) is 4.72. The monoisotopic (exact) mass is 524 g/mol. The van der Waals surface area contributed by atoms with Crippen LogP contribution >= 0.6 is 11.3 Å². The number of aryl methyl sites for hydroxylation is 1. The average molecular weight is 525 g/mol. The molecule has 1 fully saturated rings. The minimum atomic E-state index is -1.07. The Balaban J connectivity index is 1.44. The summed E-state index contributed by atoms with van der Waals surface area (Å²) in [4.78, 5) is 26.9. The summed E-state index contributed by atoms with van der Waals surface area (Å²) in [5.74, 6) is 1.89. The first-order valence-corrected chi connectivity index (χ1v) is 13.7. The number of anilines is 2. The van der Waals surface area contributed by atoms with Gasteiger partial charge in [0.2, 0.25) is 0 Å². The van der Waals surface area contributed by atoms with Crippen molar-refractivity contribution in [3.05, 3.63) is 47.2 Å². The SMILES string of the molecule is CCCCOC(=O)[C@H]1CC[C@H](C(C)(O)c2ncc(-c3cc(C)cc(Nc4cc(OC)ccn4)n3)s2)CC1.